The molecule has 0 unspecified atom stereocenters. The highest BCUT2D eigenvalue weighted by atomic mass is 32.2. The molecule has 0 aliphatic carbocycles. The zero-order chi connectivity index (χ0) is 20.1. The fourth-order valence-corrected chi connectivity index (χ4v) is 4.47. The number of hydrogen-bond donors (Lipinski definition) is 0. The molecule has 6 heteroatoms. The molecule has 1 fully saturated rings. The van der Waals surface area contributed by atoms with Crippen LogP contribution < -0.4 is 0 Å². The van der Waals surface area contributed by atoms with Crippen LogP contribution in [0.3, 0.4) is 0 Å². The van der Waals surface area contributed by atoms with Gasteiger partial charge in [-0.1, -0.05) is 61.2 Å². The number of carbonyl (C=O) groups is 1. The molecule has 3 aromatic rings. The van der Waals surface area contributed by atoms with Gasteiger partial charge in [-0.05, 0) is 43.4 Å². The first kappa shape index (κ1) is 19.7. The van der Waals surface area contributed by atoms with Crippen molar-refractivity contribution in [3.05, 3.63) is 60.2 Å². The van der Waals surface area contributed by atoms with Crippen LogP contribution >= 0.6 is 11.8 Å². The van der Waals surface area contributed by atoms with E-state index >= 15 is 0 Å². The van der Waals surface area contributed by atoms with E-state index in [0.29, 0.717) is 5.75 Å². The third kappa shape index (κ3) is 4.53. The minimum Gasteiger partial charge on any atom is -0.342 e. The first-order chi connectivity index (χ1) is 14.3. The van der Waals surface area contributed by atoms with Crippen molar-refractivity contribution in [2.24, 2.45) is 0 Å². The fraction of sp³-hybridized carbons (Fsp3) is 0.348. The highest BCUT2D eigenvalue weighted by Gasteiger charge is 2.20. The monoisotopic (exact) mass is 406 g/mol. The normalized spacial score (nSPS) is 14.2. The molecule has 1 amide bonds. The van der Waals surface area contributed by atoms with E-state index in [1.54, 1.807) is 0 Å². The van der Waals surface area contributed by atoms with Crippen LogP contribution in [0.4, 0.5) is 0 Å². The third-order valence-corrected chi connectivity index (χ3v) is 6.22. The maximum absolute atomic E-state index is 12.6. The number of aryl methyl sites for hydroxylation is 1. The fourth-order valence-electron chi connectivity index (χ4n) is 3.61. The van der Waals surface area contributed by atoms with E-state index in [1.165, 1.54) is 23.7 Å². The Morgan fingerprint density at radius 1 is 0.966 bits per heavy atom. The maximum atomic E-state index is 12.6. The van der Waals surface area contributed by atoms with E-state index in [9.17, 15) is 4.79 Å². The van der Waals surface area contributed by atoms with Crippen molar-refractivity contribution < 1.29 is 4.79 Å². The minimum absolute atomic E-state index is 0.187. The number of piperidine rings is 1. The second-order valence-corrected chi connectivity index (χ2v) is 8.20. The lowest BCUT2D eigenvalue weighted by Crippen LogP contribution is -2.36. The van der Waals surface area contributed by atoms with Gasteiger partial charge in [-0.3, -0.25) is 9.36 Å². The Balaban J connectivity index is 1.62. The van der Waals surface area contributed by atoms with E-state index in [1.807, 2.05) is 35.2 Å². The molecular formula is C23H26N4OS. The van der Waals surface area contributed by atoms with Crippen molar-refractivity contribution in [3.8, 4) is 17.1 Å². The Morgan fingerprint density at radius 3 is 2.38 bits per heavy atom. The van der Waals surface area contributed by atoms with Gasteiger partial charge in [0.1, 0.15) is 0 Å². The standard InChI is InChI=1S/C23H26N4OS/c1-2-18-11-13-20(14-12-18)27-22(19-9-5-3-6-10-19)24-25-23(27)29-17-21(28)26-15-7-4-8-16-26/h3,5-6,9-14H,2,4,7-8,15-17H2,1H3. The van der Waals surface area contributed by atoms with Crippen molar-refractivity contribution in [1.29, 1.82) is 0 Å². The molecule has 0 bridgehead atoms. The predicted octanol–water partition coefficient (Wildman–Crippen LogP) is 4.60. The molecule has 0 spiro atoms. The maximum Gasteiger partial charge on any atom is 0.233 e. The number of rotatable bonds is 6. The number of hydrogen-bond acceptors (Lipinski definition) is 4. The largest absolute Gasteiger partial charge is 0.342 e. The zero-order valence-corrected chi connectivity index (χ0v) is 17.6. The van der Waals surface area contributed by atoms with Gasteiger partial charge in [0, 0.05) is 24.3 Å². The quantitative estimate of drug-likeness (QED) is 0.561. The molecule has 2 heterocycles. The topological polar surface area (TPSA) is 51.0 Å². The SMILES string of the molecule is CCc1ccc(-n2c(SCC(=O)N3CCCCC3)nnc2-c2ccccc2)cc1. The van der Waals surface area contributed by atoms with Crippen molar-refractivity contribution in [3.63, 3.8) is 0 Å². The van der Waals surface area contributed by atoms with Crippen molar-refractivity contribution in [2.45, 2.75) is 37.8 Å². The van der Waals surface area contributed by atoms with Gasteiger partial charge in [-0.15, -0.1) is 10.2 Å². The van der Waals surface area contributed by atoms with E-state index in [0.717, 1.165) is 54.6 Å². The molecule has 0 radical (unpaired) electrons. The number of benzene rings is 2. The summed E-state index contributed by atoms with van der Waals surface area (Å²) in [7, 11) is 0. The summed E-state index contributed by atoms with van der Waals surface area (Å²) >= 11 is 1.47. The van der Waals surface area contributed by atoms with Crippen LogP contribution in [0.15, 0.2) is 59.8 Å². The van der Waals surface area contributed by atoms with Crippen molar-refractivity contribution in [1.82, 2.24) is 19.7 Å². The summed E-state index contributed by atoms with van der Waals surface area (Å²) in [6.07, 6.45) is 4.43. The van der Waals surface area contributed by atoms with E-state index < -0.39 is 0 Å². The van der Waals surface area contributed by atoms with Crippen LogP contribution in [0.1, 0.15) is 31.7 Å². The summed E-state index contributed by atoms with van der Waals surface area (Å²) in [6.45, 7) is 3.90. The van der Waals surface area contributed by atoms with Crippen LogP contribution in [0.25, 0.3) is 17.1 Å². The molecule has 0 N–H and O–H groups in total. The molecule has 2 aromatic carbocycles. The van der Waals surface area contributed by atoms with Crippen LogP contribution in [0, 0.1) is 0 Å². The van der Waals surface area contributed by atoms with Crippen LogP contribution in [0.2, 0.25) is 0 Å². The molecule has 1 aliphatic rings. The van der Waals surface area contributed by atoms with Gasteiger partial charge in [0.2, 0.25) is 5.91 Å². The lowest BCUT2D eigenvalue weighted by atomic mass is 10.1. The highest BCUT2D eigenvalue weighted by Crippen LogP contribution is 2.28. The average Bonchev–Trinajstić information content (AvgIpc) is 3.22. The van der Waals surface area contributed by atoms with E-state index in [2.05, 4.69) is 46.0 Å². The van der Waals surface area contributed by atoms with E-state index in [-0.39, 0.29) is 5.91 Å². The summed E-state index contributed by atoms with van der Waals surface area (Å²) < 4.78 is 2.06. The number of amides is 1. The van der Waals surface area contributed by atoms with E-state index in [4.69, 9.17) is 0 Å². The Morgan fingerprint density at radius 2 is 1.69 bits per heavy atom. The number of nitrogens with zero attached hydrogens (tertiary/aromatic N) is 4. The second kappa shape index (κ2) is 9.27. The number of likely N-dealkylation sites (tertiary alicyclic amines) is 1. The molecule has 150 valence electrons. The Hall–Kier alpha value is -2.60. The van der Waals surface area contributed by atoms with Crippen molar-refractivity contribution >= 4 is 17.7 Å². The Labute approximate surface area is 176 Å². The van der Waals surface area contributed by atoms with Gasteiger partial charge in [0.15, 0.2) is 11.0 Å². The molecule has 1 aliphatic heterocycles. The molecule has 29 heavy (non-hydrogen) atoms. The van der Waals surface area contributed by atoms with Gasteiger partial charge in [0.05, 0.1) is 5.75 Å². The Kier molecular flexibility index (Phi) is 6.30. The summed E-state index contributed by atoms with van der Waals surface area (Å²) in [5, 5.41) is 9.65. The smallest absolute Gasteiger partial charge is 0.233 e. The molecule has 0 saturated carbocycles. The van der Waals surface area contributed by atoms with Crippen molar-refractivity contribution in [2.75, 3.05) is 18.8 Å². The molecule has 4 rings (SSSR count). The van der Waals surface area contributed by atoms with Crippen LogP contribution in [0.5, 0.6) is 0 Å². The molecular weight excluding hydrogens is 380 g/mol. The number of carbonyl (C=O) groups excluding carboxylic acids is 1. The minimum atomic E-state index is 0.187. The van der Waals surface area contributed by atoms with Crippen LogP contribution in [-0.2, 0) is 11.2 Å². The summed E-state index contributed by atoms with van der Waals surface area (Å²) in [6, 6.07) is 18.5. The van der Waals surface area contributed by atoms with Gasteiger partial charge < -0.3 is 4.90 Å². The second-order valence-electron chi connectivity index (χ2n) is 7.26. The van der Waals surface area contributed by atoms with Gasteiger partial charge in [-0.25, -0.2) is 0 Å². The van der Waals surface area contributed by atoms with Gasteiger partial charge in [0.25, 0.3) is 0 Å². The van der Waals surface area contributed by atoms with Gasteiger partial charge >= 0.3 is 0 Å². The molecule has 1 aromatic heterocycles. The molecule has 1 saturated heterocycles. The first-order valence-corrected chi connectivity index (χ1v) is 11.3. The van der Waals surface area contributed by atoms with Gasteiger partial charge in [-0.2, -0.15) is 0 Å². The number of thioether (sulfide) groups is 1. The summed E-state index contributed by atoms with van der Waals surface area (Å²) in [5.74, 6) is 1.37. The number of aromatic nitrogens is 3. The van der Waals surface area contributed by atoms with Crippen LogP contribution in [-0.4, -0.2) is 44.4 Å². The summed E-state index contributed by atoms with van der Waals surface area (Å²) in [5.41, 5.74) is 3.31. The lowest BCUT2D eigenvalue weighted by Gasteiger charge is -2.26. The highest BCUT2D eigenvalue weighted by molar-refractivity contribution is 7.99. The molecule has 0 atom stereocenters. The lowest BCUT2D eigenvalue weighted by molar-refractivity contribution is -0.129. The average molecular weight is 407 g/mol. The molecule has 5 nitrogen and oxygen atoms in total. The zero-order valence-electron chi connectivity index (χ0n) is 16.8. The first-order valence-electron chi connectivity index (χ1n) is 10.3. The summed E-state index contributed by atoms with van der Waals surface area (Å²) in [4.78, 5) is 14.6. The predicted molar refractivity (Wildman–Crippen MR) is 117 cm³/mol. The third-order valence-electron chi connectivity index (χ3n) is 5.30. The Bertz CT molecular complexity index is 947.